The molecule has 0 aromatic rings. The first kappa shape index (κ1) is 18.4. The van der Waals surface area contributed by atoms with Gasteiger partial charge in [-0.25, -0.2) is 0 Å². The molecule has 0 aliphatic carbocycles. The minimum Gasteiger partial charge on any atom is -0.481 e. The van der Waals surface area contributed by atoms with Crippen LogP contribution in [0.25, 0.3) is 0 Å². The molecule has 0 unspecified atom stereocenters. The van der Waals surface area contributed by atoms with Gasteiger partial charge in [0.2, 0.25) is 5.91 Å². The molecule has 0 aromatic heterocycles. The number of carboxylic acids is 1. The largest absolute Gasteiger partial charge is 0.481 e. The van der Waals surface area contributed by atoms with Crippen molar-refractivity contribution in [3.63, 3.8) is 0 Å². The molecule has 2 atom stereocenters. The van der Waals surface area contributed by atoms with Gasteiger partial charge in [-0.05, 0) is 19.8 Å². The van der Waals surface area contributed by atoms with Gasteiger partial charge in [0, 0.05) is 0 Å². The molecule has 0 bridgehead atoms. The molecule has 0 saturated heterocycles. The quantitative estimate of drug-likeness (QED) is 0.524. The number of ether oxygens (including phenoxy) is 1. The highest BCUT2D eigenvalue weighted by Gasteiger charge is 2.20. The highest BCUT2D eigenvalue weighted by Crippen LogP contribution is 2.09. The maximum Gasteiger partial charge on any atom is 0.308 e. The topological polar surface area (TPSA) is 119 Å². The third kappa shape index (κ3) is 7.08. The zero-order valence-corrected chi connectivity index (χ0v) is 12.2. The van der Waals surface area contributed by atoms with E-state index in [9.17, 15) is 14.4 Å². The number of esters is 1. The van der Waals surface area contributed by atoms with Crippen molar-refractivity contribution in [2.45, 2.75) is 52.1 Å². The number of aliphatic carboxylic acids is 1. The summed E-state index contributed by atoms with van der Waals surface area (Å²) in [6.45, 7) is 5.52. The zero-order chi connectivity index (χ0) is 15.7. The molecule has 1 amide bonds. The van der Waals surface area contributed by atoms with Gasteiger partial charge >= 0.3 is 11.9 Å². The fourth-order valence-corrected chi connectivity index (χ4v) is 1.62. The van der Waals surface area contributed by atoms with Gasteiger partial charge in [0.05, 0.1) is 24.4 Å². The Balaban J connectivity index is 4.10. The monoisotopic (exact) mass is 288 g/mol. The Morgan fingerprint density at radius 1 is 1.25 bits per heavy atom. The lowest BCUT2D eigenvalue weighted by Crippen LogP contribution is -2.47. The maximum absolute atomic E-state index is 11.6. The molecule has 20 heavy (non-hydrogen) atoms. The van der Waals surface area contributed by atoms with Crippen LogP contribution in [-0.4, -0.2) is 41.6 Å². The van der Waals surface area contributed by atoms with E-state index in [4.69, 9.17) is 15.6 Å². The van der Waals surface area contributed by atoms with Gasteiger partial charge in [-0.1, -0.05) is 13.8 Å². The van der Waals surface area contributed by atoms with Crippen LogP contribution in [0, 0.1) is 5.92 Å². The van der Waals surface area contributed by atoms with Crippen molar-refractivity contribution in [3.8, 4) is 0 Å². The highest BCUT2D eigenvalue weighted by molar-refractivity contribution is 5.86. The SMILES string of the molecule is CCC(CC)C(=O)OC[C@H](C)NC(=O)[C@H](N)CC(=O)O. The van der Waals surface area contributed by atoms with Crippen molar-refractivity contribution in [2.75, 3.05) is 6.61 Å². The molecule has 0 spiro atoms. The number of carboxylic acid groups (broad SMARTS) is 1. The van der Waals surface area contributed by atoms with Crippen LogP contribution in [0.3, 0.4) is 0 Å². The van der Waals surface area contributed by atoms with Crippen LogP contribution < -0.4 is 11.1 Å². The number of amides is 1. The van der Waals surface area contributed by atoms with E-state index >= 15 is 0 Å². The minimum atomic E-state index is -1.14. The molecular weight excluding hydrogens is 264 g/mol. The summed E-state index contributed by atoms with van der Waals surface area (Å²) in [7, 11) is 0. The standard InChI is InChI=1S/C13H24N2O5/c1-4-9(5-2)13(19)20-7-8(3)15-12(18)10(14)6-11(16)17/h8-10H,4-7,14H2,1-3H3,(H,15,18)(H,16,17)/t8-,10+/m0/s1. The summed E-state index contributed by atoms with van der Waals surface area (Å²) in [5, 5.41) is 11.0. The summed E-state index contributed by atoms with van der Waals surface area (Å²) in [5.41, 5.74) is 5.41. The van der Waals surface area contributed by atoms with Crippen molar-refractivity contribution in [2.24, 2.45) is 11.7 Å². The first-order valence-electron chi connectivity index (χ1n) is 6.76. The van der Waals surface area contributed by atoms with Crippen LogP contribution in [0.15, 0.2) is 0 Å². The van der Waals surface area contributed by atoms with E-state index in [0.717, 1.165) is 0 Å². The summed E-state index contributed by atoms with van der Waals surface area (Å²) >= 11 is 0. The second-order valence-electron chi connectivity index (χ2n) is 4.76. The molecular formula is C13H24N2O5. The van der Waals surface area contributed by atoms with Crippen LogP contribution in [0.2, 0.25) is 0 Å². The van der Waals surface area contributed by atoms with Crippen LogP contribution in [0.4, 0.5) is 0 Å². The Bertz CT molecular complexity index is 342. The molecule has 0 aliphatic rings. The molecule has 0 aliphatic heterocycles. The molecule has 4 N–H and O–H groups in total. The molecule has 0 rings (SSSR count). The number of nitrogens with two attached hydrogens (primary N) is 1. The Kier molecular flexibility index (Phi) is 8.54. The number of carbonyl (C=O) groups excluding carboxylic acids is 2. The van der Waals surface area contributed by atoms with Crippen LogP contribution in [-0.2, 0) is 19.1 Å². The average Bonchev–Trinajstić information content (AvgIpc) is 2.36. The average molecular weight is 288 g/mol. The number of nitrogens with one attached hydrogen (secondary N) is 1. The molecule has 116 valence electrons. The number of carbonyl (C=O) groups is 3. The highest BCUT2D eigenvalue weighted by atomic mass is 16.5. The van der Waals surface area contributed by atoms with E-state index in [1.807, 2.05) is 13.8 Å². The summed E-state index contributed by atoms with van der Waals surface area (Å²) in [5.74, 6) is -2.13. The van der Waals surface area contributed by atoms with Gasteiger partial charge in [0.15, 0.2) is 0 Å². The second kappa shape index (κ2) is 9.30. The van der Waals surface area contributed by atoms with Gasteiger partial charge in [0.1, 0.15) is 6.61 Å². The molecule has 7 heteroatoms. The second-order valence-corrected chi connectivity index (χ2v) is 4.76. The zero-order valence-electron chi connectivity index (χ0n) is 12.2. The van der Waals surface area contributed by atoms with E-state index in [1.54, 1.807) is 6.92 Å². The van der Waals surface area contributed by atoms with Crippen molar-refractivity contribution >= 4 is 17.8 Å². The first-order chi connectivity index (χ1) is 9.31. The normalized spacial score (nSPS) is 13.7. The Hall–Kier alpha value is -1.63. The van der Waals surface area contributed by atoms with Crippen molar-refractivity contribution in [1.29, 1.82) is 0 Å². The van der Waals surface area contributed by atoms with Gasteiger partial charge in [-0.2, -0.15) is 0 Å². The molecule has 0 fully saturated rings. The summed E-state index contributed by atoms with van der Waals surface area (Å²) in [6.07, 6.45) is 0.977. The molecule has 0 radical (unpaired) electrons. The van der Waals surface area contributed by atoms with Crippen molar-refractivity contribution in [3.05, 3.63) is 0 Å². The van der Waals surface area contributed by atoms with Crippen LogP contribution >= 0.6 is 0 Å². The predicted octanol–water partition coefficient (Wildman–Crippen LogP) is 0.273. The van der Waals surface area contributed by atoms with E-state index in [0.29, 0.717) is 12.8 Å². The molecule has 0 aromatic carbocycles. The van der Waals surface area contributed by atoms with E-state index in [2.05, 4.69) is 5.32 Å². The third-order valence-electron chi connectivity index (χ3n) is 2.91. The number of rotatable bonds is 9. The van der Waals surface area contributed by atoms with Crippen LogP contribution in [0.1, 0.15) is 40.0 Å². The summed E-state index contributed by atoms with van der Waals surface area (Å²) in [4.78, 5) is 33.6. The fourth-order valence-electron chi connectivity index (χ4n) is 1.62. The lowest BCUT2D eigenvalue weighted by atomic mass is 10.0. The van der Waals surface area contributed by atoms with Crippen molar-refractivity contribution in [1.82, 2.24) is 5.32 Å². The summed E-state index contributed by atoms with van der Waals surface area (Å²) < 4.78 is 5.10. The van der Waals surface area contributed by atoms with E-state index < -0.39 is 30.4 Å². The van der Waals surface area contributed by atoms with Gasteiger partial charge in [-0.3, -0.25) is 14.4 Å². The number of hydrogen-bond donors (Lipinski definition) is 3. The van der Waals surface area contributed by atoms with Crippen LogP contribution in [0.5, 0.6) is 0 Å². The molecule has 0 saturated carbocycles. The lowest BCUT2D eigenvalue weighted by molar-refractivity contribution is -0.150. The van der Waals surface area contributed by atoms with Gasteiger partial charge < -0.3 is 20.9 Å². The Labute approximate surface area is 118 Å². The Morgan fingerprint density at radius 2 is 1.80 bits per heavy atom. The smallest absolute Gasteiger partial charge is 0.308 e. The first-order valence-corrected chi connectivity index (χ1v) is 6.76. The van der Waals surface area contributed by atoms with E-state index in [-0.39, 0.29) is 18.5 Å². The van der Waals surface area contributed by atoms with Gasteiger partial charge in [0.25, 0.3) is 0 Å². The van der Waals surface area contributed by atoms with Crippen molar-refractivity contribution < 1.29 is 24.2 Å². The predicted molar refractivity (Wildman–Crippen MR) is 72.9 cm³/mol. The fraction of sp³-hybridized carbons (Fsp3) is 0.769. The summed E-state index contributed by atoms with van der Waals surface area (Å²) in [6, 6.07) is -1.52. The molecule has 0 heterocycles. The lowest BCUT2D eigenvalue weighted by Gasteiger charge is -2.18. The third-order valence-corrected chi connectivity index (χ3v) is 2.91. The van der Waals surface area contributed by atoms with E-state index in [1.165, 1.54) is 0 Å². The number of hydrogen-bond acceptors (Lipinski definition) is 5. The minimum absolute atomic E-state index is 0.0425. The Morgan fingerprint density at radius 3 is 2.25 bits per heavy atom. The maximum atomic E-state index is 11.6. The van der Waals surface area contributed by atoms with Gasteiger partial charge in [-0.15, -0.1) is 0 Å². The molecule has 7 nitrogen and oxygen atoms in total.